The molecule has 162 valence electrons. The van der Waals surface area contributed by atoms with Crippen molar-refractivity contribution in [2.75, 3.05) is 13.2 Å². The third-order valence-corrected chi connectivity index (χ3v) is 5.63. The van der Waals surface area contributed by atoms with Gasteiger partial charge < -0.3 is 15.0 Å². The Balaban J connectivity index is 2.15. The molecule has 1 unspecified atom stereocenters. The zero-order valence-electron chi connectivity index (χ0n) is 17.1. The number of rotatable bonds is 9. The Bertz CT molecular complexity index is 875. The van der Waals surface area contributed by atoms with Gasteiger partial charge in [0.05, 0.1) is 10.0 Å². The molecule has 2 aromatic rings. The first-order chi connectivity index (χ1) is 14.2. The molecule has 2 rings (SSSR count). The molecule has 0 aliphatic carbocycles. The van der Waals surface area contributed by atoms with E-state index in [1.807, 2.05) is 26.0 Å². The molecule has 2 aromatic carbocycles. The van der Waals surface area contributed by atoms with E-state index in [0.717, 1.165) is 10.0 Å². The second-order valence-corrected chi connectivity index (χ2v) is 9.06. The third kappa shape index (κ3) is 7.49. The van der Waals surface area contributed by atoms with E-state index >= 15 is 0 Å². The topological polar surface area (TPSA) is 58.6 Å². The van der Waals surface area contributed by atoms with Gasteiger partial charge in [-0.25, -0.2) is 0 Å². The maximum Gasteiger partial charge on any atom is 0.261 e. The van der Waals surface area contributed by atoms with Crippen molar-refractivity contribution in [2.24, 2.45) is 5.92 Å². The van der Waals surface area contributed by atoms with Crippen LogP contribution >= 0.6 is 39.1 Å². The summed E-state index contributed by atoms with van der Waals surface area (Å²) in [5.74, 6) is 0.344. The molecule has 0 saturated heterocycles. The second kappa shape index (κ2) is 11.6. The lowest BCUT2D eigenvalue weighted by Crippen LogP contribution is -2.49. The summed E-state index contributed by atoms with van der Waals surface area (Å²) in [5, 5.41) is 3.70. The molecule has 0 aromatic heterocycles. The van der Waals surface area contributed by atoms with Crippen LogP contribution in [-0.2, 0) is 16.1 Å². The van der Waals surface area contributed by atoms with Crippen molar-refractivity contribution < 1.29 is 14.3 Å². The van der Waals surface area contributed by atoms with Crippen LogP contribution in [0.15, 0.2) is 46.9 Å². The van der Waals surface area contributed by atoms with E-state index in [4.69, 9.17) is 27.9 Å². The van der Waals surface area contributed by atoms with E-state index in [1.165, 1.54) is 4.90 Å². The van der Waals surface area contributed by atoms with Gasteiger partial charge in [0.1, 0.15) is 11.8 Å². The number of carbonyl (C=O) groups is 2. The van der Waals surface area contributed by atoms with Crippen LogP contribution in [0.3, 0.4) is 0 Å². The Labute approximate surface area is 195 Å². The van der Waals surface area contributed by atoms with Crippen LogP contribution < -0.4 is 10.1 Å². The molecular formula is C22H25BrCl2N2O3. The highest BCUT2D eigenvalue weighted by molar-refractivity contribution is 9.10. The number of halogens is 3. The molecular weight excluding hydrogens is 491 g/mol. The molecule has 8 heteroatoms. The van der Waals surface area contributed by atoms with Gasteiger partial charge in [-0.05, 0) is 54.8 Å². The molecule has 1 N–H and O–H groups in total. The number of hydrogen-bond donors (Lipinski definition) is 1. The summed E-state index contributed by atoms with van der Waals surface area (Å²) in [6, 6.07) is 11.6. The van der Waals surface area contributed by atoms with Gasteiger partial charge in [0.15, 0.2) is 6.61 Å². The van der Waals surface area contributed by atoms with Crippen molar-refractivity contribution in [3.63, 3.8) is 0 Å². The molecule has 0 saturated carbocycles. The Morgan fingerprint density at radius 1 is 1.07 bits per heavy atom. The molecule has 0 radical (unpaired) electrons. The van der Waals surface area contributed by atoms with Crippen LogP contribution in [0.25, 0.3) is 0 Å². The standard InChI is InChI=1S/C22H25BrCl2N2O3/c1-14(2)11-26-22(29)15(3)27(12-16-4-9-19(24)20(25)10-16)21(28)13-30-18-7-5-17(23)6-8-18/h4-10,14-15H,11-13H2,1-3H3,(H,26,29). The highest BCUT2D eigenvalue weighted by Gasteiger charge is 2.26. The minimum atomic E-state index is -0.681. The highest BCUT2D eigenvalue weighted by atomic mass is 79.9. The van der Waals surface area contributed by atoms with Gasteiger partial charge in [-0.15, -0.1) is 0 Å². The second-order valence-electron chi connectivity index (χ2n) is 7.33. The van der Waals surface area contributed by atoms with Crippen LogP contribution in [0.2, 0.25) is 10.0 Å². The Kier molecular flexibility index (Phi) is 9.46. The summed E-state index contributed by atoms with van der Waals surface area (Å²) in [6.07, 6.45) is 0. The third-order valence-electron chi connectivity index (χ3n) is 4.36. The van der Waals surface area contributed by atoms with Crippen molar-refractivity contribution in [3.8, 4) is 5.75 Å². The quantitative estimate of drug-likeness (QED) is 0.491. The van der Waals surface area contributed by atoms with Gasteiger partial charge in [0.2, 0.25) is 5.91 Å². The number of amides is 2. The molecule has 5 nitrogen and oxygen atoms in total. The molecule has 30 heavy (non-hydrogen) atoms. The van der Waals surface area contributed by atoms with Gasteiger partial charge >= 0.3 is 0 Å². The lowest BCUT2D eigenvalue weighted by atomic mass is 10.1. The summed E-state index contributed by atoms with van der Waals surface area (Å²) in [4.78, 5) is 27.1. The van der Waals surface area contributed by atoms with E-state index < -0.39 is 6.04 Å². The summed E-state index contributed by atoms with van der Waals surface area (Å²) in [7, 11) is 0. The predicted molar refractivity (Wildman–Crippen MR) is 124 cm³/mol. The van der Waals surface area contributed by atoms with Gasteiger partial charge in [-0.1, -0.05) is 59.0 Å². The minimum Gasteiger partial charge on any atom is -0.484 e. The van der Waals surface area contributed by atoms with E-state index in [-0.39, 0.29) is 25.0 Å². The number of nitrogens with zero attached hydrogens (tertiary/aromatic N) is 1. The van der Waals surface area contributed by atoms with Crippen molar-refractivity contribution in [1.29, 1.82) is 0 Å². The van der Waals surface area contributed by atoms with Crippen molar-refractivity contribution in [1.82, 2.24) is 10.2 Å². The first-order valence-electron chi connectivity index (χ1n) is 9.57. The van der Waals surface area contributed by atoms with Crippen LogP contribution in [0, 0.1) is 5.92 Å². The smallest absolute Gasteiger partial charge is 0.261 e. The van der Waals surface area contributed by atoms with Crippen molar-refractivity contribution in [3.05, 3.63) is 62.5 Å². The van der Waals surface area contributed by atoms with E-state index in [1.54, 1.807) is 37.3 Å². The fourth-order valence-corrected chi connectivity index (χ4v) is 3.21. The maximum atomic E-state index is 13.0. The molecule has 0 bridgehead atoms. The average molecular weight is 516 g/mol. The Hall–Kier alpha value is -1.76. The van der Waals surface area contributed by atoms with Crippen LogP contribution in [0.1, 0.15) is 26.3 Å². The minimum absolute atomic E-state index is 0.190. The number of hydrogen-bond acceptors (Lipinski definition) is 3. The predicted octanol–water partition coefficient (Wildman–Crippen LogP) is 5.32. The monoisotopic (exact) mass is 514 g/mol. The van der Waals surface area contributed by atoms with Crippen LogP contribution in [0.4, 0.5) is 0 Å². The number of ether oxygens (including phenoxy) is 1. The fraction of sp³-hybridized carbons (Fsp3) is 0.364. The SMILES string of the molecule is CC(C)CNC(=O)C(C)N(Cc1ccc(Cl)c(Cl)c1)C(=O)COc1ccc(Br)cc1. The van der Waals surface area contributed by atoms with Gasteiger partial charge in [0.25, 0.3) is 5.91 Å². The average Bonchev–Trinajstić information content (AvgIpc) is 2.71. The van der Waals surface area contributed by atoms with Gasteiger partial charge in [0, 0.05) is 17.6 Å². The molecule has 0 fully saturated rings. The number of benzene rings is 2. The van der Waals surface area contributed by atoms with Crippen molar-refractivity contribution in [2.45, 2.75) is 33.4 Å². The van der Waals surface area contributed by atoms with Crippen molar-refractivity contribution >= 4 is 50.9 Å². The summed E-state index contributed by atoms with van der Waals surface area (Å²) >= 11 is 15.5. The van der Waals surface area contributed by atoms with Gasteiger partial charge in [-0.2, -0.15) is 0 Å². The lowest BCUT2D eigenvalue weighted by Gasteiger charge is -2.29. The normalized spacial score (nSPS) is 11.8. The number of nitrogens with one attached hydrogen (secondary N) is 1. The molecule has 1 atom stereocenters. The fourth-order valence-electron chi connectivity index (χ4n) is 2.63. The zero-order valence-corrected chi connectivity index (χ0v) is 20.2. The van der Waals surface area contributed by atoms with E-state index in [2.05, 4.69) is 21.2 Å². The Morgan fingerprint density at radius 3 is 2.33 bits per heavy atom. The molecule has 0 heterocycles. The first-order valence-corrected chi connectivity index (χ1v) is 11.1. The lowest BCUT2D eigenvalue weighted by molar-refractivity contribution is -0.142. The zero-order chi connectivity index (χ0) is 22.3. The van der Waals surface area contributed by atoms with E-state index in [9.17, 15) is 9.59 Å². The molecule has 0 spiro atoms. The summed E-state index contributed by atoms with van der Waals surface area (Å²) < 4.78 is 6.54. The van der Waals surface area contributed by atoms with Gasteiger partial charge in [-0.3, -0.25) is 9.59 Å². The molecule has 0 aliphatic rings. The first kappa shape index (κ1) is 24.5. The molecule has 0 aliphatic heterocycles. The summed E-state index contributed by atoms with van der Waals surface area (Å²) in [5.41, 5.74) is 0.768. The van der Waals surface area contributed by atoms with E-state index in [0.29, 0.717) is 28.3 Å². The summed E-state index contributed by atoms with van der Waals surface area (Å²) in [6.45, 7) is 6.27. The highest BCUT2D eigenvalue weighted by Crippen LogP contribution is 2.24. The maximum absolute atomic E-state index is 13.0. The molecule has 2 amide bonds. The van der Waals surface area contributed by atoms with Crippen LogP contribution in [0.5, 0.6) is 5.75 Å². The number of carbonyl (C=O) groups excluding carboxylic acids is 2. The largest absolute Gasteiger partial charge is 0.484 e. The Morgan fingerprint density at radius 2 is 1.73 bits per heavy atom. The van der Waals surface area contributed by atoms with Crippen LogP contribution in [-0.4, -0.2) is 35.9 Å².